The zero-order valence-electron chi connectivity index (χ0n) is 36.2. The molecule has 0 aliphatic heterocycles. The minimum Gasteiger partial charge on any atom is -0.429 e. The van der Waals surface area contributed by atoms with Gasteiger partial charge in [-0.3, -0.25) is 0 Å². The number of hydrogen-bond donors (Lipinski definition) is 0. The maximum absolute atomic E-state index is 14.6. The third kappa shape index (κ3) is 16.0. The van der Waals surface area contributed by atoms with Gasteiger partial charge in [0.25, 0.3) is 0 Å². The largest absolute Gasteiger partial charge is 0.573 e. The second-order valence-electron chi connectivity index (χ2n) is 16.8. The van der Waals surface area contributed by atoms with Crippen LogP contribution in [0.5, 0.6) is 23.0 Å². The Labute approximate surface area is 371 Å². The maximum atomic E-state index is 14.6. The van der Waals surface area contributed by atoms with E-state index in [0.717, 1.165) is 86.5 Å². The Morgan fingerprint density at radius 1 is 0.431 bits per heavy atom. The summed E-state index contributed by atoms with van der Waals surface area (Å²) >= 11 is 0. The molecule has 0 saturated heterocycles. The lowest BCUT2D eigenvalue weighted by Crippen LogP contribution is -2.22. The minimum absolute atomic E-state index is 0.339. The molecule has 0 N–H and O–H groups in total. The van der Waals surface area contributed by atoms with Gasteiger partial charge in [-0.15, -0.1) is 26.3 Å². The van der Waals surface area contributed by atoms with Crippen LogP contribution < -0.4 is 18.9 Å². The van der Waals surface area contributed by atoms with Crippen LogP contribution in [0, 0.1) is 23.5 Å². The molecule has 2 aliphatic rings. The van der Waals surface area contributed by atoms with Crippen molar-refractivity contribution in [1.82, 2.24) is 0 Å². The number of alkyl halides is 10. The van der Waals surface area contributed by atoms with Crippen molar-refractivity contribution in [2.24, 2.45) is 11.8 Å². The van der Waals surface area contributed by atoms with Crippen molar-refractivity contribution >= 4 is 0 Å². The molecular formula is C49H54F12O4. The third-order valence-electron chi connectivity index (χ3n) is 12.1. The van der Waals surface area contributed by atoms with Crippen LogP contribution in [0.4, 0.5) is 52.7 Å². The number of unbranched alkanes of at least 4 members (excludes halogenated alkanes) is 3. The molecule has 0 heterocycles. The van der Waals surface area contributed by atoms with Gasteiger partial charge in [-0.25, -0.2) is 8.78 Å². The highest BCUT2D eigenvalue weighted by Gasteiger charge is 2.38. The van der Waals surface area contributed by atoms with Gasteiger partial charge >= 0.3 is 24.9 Å². The molecule has 0 atom stereocenters. The lowest BCUT2D eigenvalue weighted by molar-refractivity contribution is -0.276. The van der Waals surface area contributed by atoms with Crippen molar-refractivity contribution in [1.29, 1.82) is 0 Å². The molecule has 16 heteroatoms. The Morgan fingerprint density at radius 3 is 1.11 bits per heavy atom. The highest BCUT2D eigenvalue weighted by atomic mass is 19.4. The van der Waals surface area contributed by atoms with Gasteiger partial charge in [-0.05, 0) is 135 Å². The van der Waals surface area contributed by atoms with Crippen LogP contribution >= 0.6 is 0 Å². The first-order valence-electron chi connectivity index (χ1n) is 22.1. The Kier molecular flexibility index (Phi) is 17.8. The van der Waals surface area contributed by atoms with Gasteiger partial charge in [-0.2, -0.15) is 17.6 Å². The lowest BCUT2D eigenvalue weighted by Gasteiger charge is -2.29. The summed E-state index contributed by atoms with van der Waals surface area (Å²) < 4.78 is 175. The molecule has 0 bridgehead atoms. The highest BCUT2D eigenvalue weighted by Crippen LogP contribution is 2.42. The van der Waals surface area contributed by atoms with Crippen molar-refractivity contribution in [3.05, 3.63) is 119 Å². The monoisotopic (exact) mass is 934 g/mol. The molecule has 6 rings (SSSR count). The Hall–Kier alpha value is -4.76. The molecule has 0 spiro atoms. The van der Waals surface area contributed by atoms with Crippen LogP contribution in [0.1, 0.15) is 144 Å². The number of ether oxygens (including phenoxy) is 4. The molecule has 358 valence electrons. The van der Waals surface area contributed by atoms with Crippen LogP contribution in [0.2, 0.25) is 0 Å². The van der Waals surface area contributed by atoms with Crippen LogP contribution in [0.3, 0.4) is 0 Å². The van der Waals surface area contributed by atoms with E-state index in [-0.39, 0.29) is 0 Å². The van der Waals surface area contributed by atoms with Crippen molar-refractivity contribution in [2.75, 3.05) is 0 Å². The van der Waals surface area contributed by atoms with Gasteiger partial charge in [-0.1, -0.05) is 83.1 Å². The van der Waals surface area contributed by atoms with Crippen LogP contribution in [-0.4, -0.2) is 12.7 Å². The highest BCUT2D eigenvalue weighted by molar-refractivity contribution is 5.36. The van der Waals surface area contributed by atoms with E-state index < -0.39 is 70.7 Å². The number of halogens is 12. The van der Waals surface area contributed by atoms with E-state index >= 15 is 0 Å². The molecule has 2 fully saturated rings. The number of rotatable bonds is 17. The summed E-state index contributed by atoms with van der Waals surface area (Å²) in [5, 5.41) is 0. The van der Waals surface area contributed by atoms with E-state index in [1.807, 2.05) is 0 Å². The van der Waals surface area contributed by atoms with E-state index in [9.17, 15) is 52.7 Å². The van der Waals surface area contributed by atoms with Crippen molar-refractivity contribution in [2.45, 2.75) is 147 Å². The fourth-order valence-electron chi connectivity index (χ4n) is 8.56. The van der Waals surface area contributed by atoms with E-state index in [1.54, 1.807) is 24.3 Å². The predicted molar refractivity (Wildman–Crippen MR) is 221 cm³/mol. The summed E-state index contributed by atoms with van der Waals surface area (Å²) in [6, 6.07) is 15.4. The summed E-state index contributed by atoms with van der Waals surface area (Å²) in [5.74, 6) is -4.21. The van der Waals surface area contributed by atoms with Crippen molar-refractivity contribution in [3.63, 3.8) is 0 Å². The molecule has 0 radical (unpaired) electrons. The van der Waals surface area contributed by atoms with E-state index in [0.29, 0.717) is 36.1 Å². The fraction of sp³-hybridized carbons (Fsp3) is 0.510. The fourth-order valence-corrected chi connectivity index (χ4v) is 8.56. The van der Waals surface area contributed by atoms with Gasteiger partial charge in [0.15, 0.2) is 23.1 Å². The second-order valence-corrected chi connectivity index (χ2v) is 16.8. The van der Waals surface area contributed by atoms with Gasteiger partial charge in [0, 0.05) is 12.1 Å². The Morgan fingerprint density at radius 2 is 0.785 bits per heavy atom. The molecule has 0 amide bonds. The third-order valence-corrected chi connectivity index (χ3v) is 12.1. The minimum atomic E-state index is -5.09. The quantitative estimate of drug-likeness (QED) is 0.0781. The number of benzene rings is 4. The second kappa shape index (κ2) is 22.6. The average molecular weight is 935 g/mol. The van der Waals surface area contributed by atoms with Crippen LogP contribution in [0.25, 0.3) is 0 Å². The molecule has 4 aromatic rings. The zero-order chi connectivity index (χ0) is 47.4. The topological polar surface area (TPSA) is 36.9 Å². The summed E-state index contributed by atoms with van der Waals surface area (Å²) in [6.07, 6.45) is -0.367. The first kappa shape index (κ1) is 51.2. The molecule has 0 unspecified atom stereocenters. The van der Waals surface area contributed by atoms with Gasteiger partial charge in [0.1, 0.15) is 11.5 Å². The molecular weight excluding hydrogens is 881 g/mol. The first-order chi connectivity index (χ1) is 30.6. The standard InChI is InChI=1S/C25H28F6O2.C24H26F6O2/c1-2-3-4-5-17-6-8-18(9-7-17)19-10-12-20(13-11-19)24(27,28)32-21-14-15-23(22(26)16-21)33-25(29,30)31;1-2-3-4-16-5-7-17(8-6-16)18-9-11-19(12-10-18)23(26,27)31-20-13-14-22(21(25)15-20)32-24(28,29)30/h10-18H,2-9H2,1H3;9-17H,2-8H2,1H3. The zero-order valence-corrected chi connectivity index (χ0v) is 36.2. The Bertz CT molecular complexity index is 2050. The summed E-state index contributed by atoms with van der Waals surface area (Å²) in [4.78, 5) is 0. The number of hydrogen-bond acceptors (Lipinski definition) is 4. The summed E-state index contributed by atoms with van der Waals surface area (Å²) in [5.41, 5.74) is 1.16. The SMILES string of the molecule is CCCCC1CCC(c2ccc(C(F)(F)Oc3ccc(OC(F)(F)F)c(F)c3)cc2)CC1.CCCCCC1CCC(c2ccc(C(F)(F)Oc3ccc(OC(F)(F)F)c(F)c3)cc2)CC1. The molecule has 0 aromatic heterocycles. The molecule has 2 aliphatic carbocycles. The van der Waals surface area contributed by atoms with E-state index in [4.69, 9.17) is 0 Å². The summed E-state index contributed by atoms with van der Waals surface area (Å²) in [6.45, 7) is 4.37. The van der Waals surface area contributed by atoms with Gasteiger partial charge in [0.2, 0.25) is 0 Å². The lowest BCUT2D eigenvalue weighted by atomic mass is 9.77. The molecule has 4 nitrogen and oxygen atoms in total. The van der Waals surface area contributed by atoms with Crippen molar-refractivity contribution < 1.29 is 71.6 Å². The van der Waals surface area contributed by atoms with E-state index in [2.05, 4.69) is 32.8 Å². The normalized spacial score (nSPS) is 19.5. The average Bonchev–Trinajstić information content (AvgIpc) is 3.25. The van der Waals surface area contributed by atoms with Gasteiger partial charge in [0.05, 0.1) is 11.1 Å². The van der Waals surface area contributed by atoms with Crippen LogP contribution in [0.15, 0.2) is 84.9 Å². The molecule has 2 saturated carbocycles. The van der Waals surface area contributed by atoms with E-state index in [1.165, 1.54) is 69.2 Å². The maximum Gasteiger partial charge on any atom is 0.573 e. The van der Waals surface area contributed by atoms with Crippen molar-refractivity contribution in [3.8, 4) is 23.0 Å². The smallest absolute Gasteiger partial charge is 0.429 e. The molecule has 65 heavy (non-hydrogen) atoms. The Balaban J connectivity index is 0.000000244. The molecule has 4 aromatic carbocycles. The van der Waals surface area contributed by atoms with Gasteiger partial charge < -0.3 is 18.9 Å². The predicted octanol–water partition coefficient (Wildman–Crippen LogP) is 17.0. The van der Waals surface area contributed by atoms with Crippen LogP contribution in [-0.2, 0) is 12.2 Å². The first-order valence-corrected chi connectivity index (χ1v) is 22.1. The summed E-state index contributed by atoms with van der Waals surface area (Å²) in [7, 11) is 0.